The first-order valence-corrected chi connectivity index (χ1v) is 6.64. The van der Waals surface area contributed by atoms with Crippen molar-refractivity contribution >= 4 is 0 Å². The Balaban J connectivity index is 2.70. The Bertz CT molecular complexity index is 334. The highest BCUT2D eigenvalue weighted by molar-refractivity contribution is 5.21. The zero-order valence-corrected chi connectivity index (χ0v) is 10.8. The van der Waals surface area contributed by atoms with E-state index >= 15 is 0 Å². The van der Waals surface area contributed by atoms with Crippen LogP contribution in [0, 0.1) is 11.6 Å². The lowest BCUT2D eigenvalue weighted by Gasteiger charge is -2.16. The van der Waals surface area contributed by atoms with Gasteiger partial charge in [-0.05, 0) is 36.5 Å². The Labute approximate surface area is 103 Å². The number of hydrogen-bond acceptors (Lipinski definition) is 0. The Hall–Kier alpha value is -0.920. The first-order chi connectivity index (χ1) is 8.19. The van der Waals surface area contributed by atoms with Crippen molar-refractivity contribution in [2.75, 3.05) is 0 Å². The molecule has 0 amide bonds. The van der Waals surface area contributed by atoms with Crippen LogP contribution < -0.4 is 0 Å². The van der Waals surface area contributed by atoms with Crippen molar-refractivity contribution in [1.29, 1.82) is 0 Å². The maximum atomic E-state index is 13.2. The Kier molecular flexibility index (Phi) is 6.17. The lowest BCUT2D eigenvalue weighted by Crippen LogP contribution is -2.00. The highest BCUT2D eigenvalue weighted by Gasteiger charge is 2.12. The van der Waals surface area contributed by atoms with E-state index in [4.69, 9.17) is 0 Å². The molecule has 0 bridgehead atoms. The van der Waals surface area contributed by atoms with Gasteiger partial charge in [-0.3, -0.25) is 0 Å². The minimum absolute atomic E-state index is 0.377. The molecule has 1 aromatic rings. The fourth-order valence-corrected chi connectivity index (χ4v) is 2.23. The minimum Gasteiger partial charge on any atom is -0.204 e. The van der Waals surface area contributed by atoms with Gasteiger partial charge in [-0.2, -0.15) is 0 Å². The molecule has 96 valence electrons. The number of rotatable bonds is 7. The normalized spacial score (nSPS) is 12.7. The molecule has 0 aromatic heterocycles. The van der Waals surface area contributed by atoms with Crippen molar-refractivity contribution in [2.24, 2.45) is 0 Å². The van der Waals surface area contributed by atoms with Crippen LogP contribution in [0.15, 0.2) is 18.2 Å². The van der Waals surface area contributed by atoms with E-state index < -0.39 is 11.6 Å². The predicted octanol–water partition coefficient (Wildman–Crippen LogP) is 5.43. The van der Waals surface area contributed by atoms with Gasteiger partial charge in [-0.15, -0.1) is 0 Å². The molecule has 0 fully saturated rings. The molecule has 2 heteroatoms. The van der Waals surface area contributed by atoms with Crippen LogP contribution in [0.5, 0.6) is 0 Å². The summed E-state index contributed by atoms with van der Waals surface area (Å²) in [7, 11) is 0. The van der Waals surface area contributed by atoms with Crippen LogP contribution in [-0.4, -0.2) is 0 Å². The molecule has 0 radical (unpaired) electrons. The number of halogens is 2. The quantitative estimate of drug-likeness (QED) is 0.557. The summed E-state index contributed by atoms with van der Waals surface area (Å²) in [5.74, 6) is -1.10. The van der Waals surface area contributed by atoms with Crippen molar-refractivity contribution < 1.29 is 8.78 Å². The second kappa shape index (κ2) is 7.41. The number of hydrogen-bond donors (Lipinski definition) is 0. The van der Waals surface area contributed by atoms with Crippen molar-refractivity contribution in [3.63, 3.8) is 0 Å². The van der Waals surface area contributed by atoms with Crippen LogP contribution in [0.2, 0.25) is 0 Å². The maximum absolute atomic E-state index is 13.2. The Morgan fingerprint density at radius 2 is 1.71 bits per heavy atom. The van der Waals surface area contributed by atoms with Gasteiger partial charge in [0.1, 0.15) is 0 Å². The first-order valence-electron chi connectivity index (χ1n) is 6.64. The average Bonchev–Trinajstić information content (AvgIpc) is 2.32. The van der Waals surface area contributed by atoms with Crippen LogP contribution in [0.1, 0.15) is 63.9 Å². The van der Waals surface area contributed by atoms with Crippen molar-refractivity contribution in [2.45, 2.75) is 58.3 Å². The molecule has 0 aliphatic rings. The summed E-state index contributed by atoms with van der Waals surface area (Å²) in [4.78, 5) is 0. The van der Waals surface area contributed by atoms with Gasteiger partial charge >= 0.3 is 0 Å². The van der Waals surface area contributed by atoms with Gasteiger partial charge in [-0.1, -0.05) is 45.6 Å². The van der Waals surface area contributed by atoms with E-state index in [2.05, 4.69) is 13.8 Å². The summed E-state index contributed by atoms with van der Waals surface area (Å²) < 4.78 is 26.1. The Morgan fingerprint density at radius 3 is 2.29 bits per heavy atom. The van der Waals surface area contributed by atoms with E-state index in [0.717, 1.165) is 24.8 Å². The van der Waals surface area contributed by atoms with Crippen LogP contribution in [0.25, 0.3) is 0 Å². The van der Waals surface area contributed by atoms with Gasteiger partial charge in [0.2, 0.25) is 0 Å². The molecular weight excluding hydrogens is 218 g/mol. The van der Waals surface area contributed by atoms with E-state index in [0.29, 0.717) is 5.92 Å². The van der Waals surface area contributed by atoms with Crippen molar-refractivity contribution in [3.8, 4) is 0 Å². The fraction of sp³-hybridized carbons (Fsp3) is 0.600. The average molecular weight is 240 g/mol. The molecule has 1 rings (SSSR count). The molecule has 0 aliphatic carbocycles. The van der Waals surface area contributed by atoms with E-state index in [1.165, 1.54) is 31.4 Å². The molecule has 0 aliphatic heterocycles. The fourth-order valence-electron chi connectivity index (χ4n) is 2.23. The summed E-state index contributed by atoms with van der Waals surface area (Å²) in [6.07, 6.45) is 6.78. The molecule has 0 saturated heterocycles. The topological polar surface area (TPSA) is 0 Å². The third-order valence-corrected chi connectivity index (χ3v) is 3.21. The number of unbranched alkanes of at least 4 members (excludes halogenated alkanes) is 2. The molecule has 0 N–H and O–H groups in total. The van der Waals surface area contributed by atoms with Crippen LogP contribution in [0.4, 0.5) is 8.78 Å². The number of benzene rings is 1. The van der Waals surface area contributed by atoms with E-state index in [1.807, 2.05) is 0 Å². The van der Waals surface area contributed by atoms with Gasteiger partial charge < -0.3 is 0 Å². The molecule has 1 unspecified atom stereocenters. The van der Waals surface area contributed by atoms with Crippen LogP contribution >= 0.6 is 0 Å². The summed E-state index contributed by atoms with van der Waals surface area (Å²) in [6, 6.07) is 4.33. The Morgan fingerprint density at radius 1 is 0.941 bits per heavy atom. The van der Waals surface area contributed by atoms with Crippen LogP contribution in [-0.2, 0) is 0 Å². The molecule has 1 atom stereocenters. The predicted molar refractivity (Wildman–Crippen MR) is 68.1 cm³/mol. The van der Waals surface area contributed by atoms with E-state index in [-0.39, 0.29) is 0 Å². The monoisotopic (exact) mass is 240 g/mol. The largest absolute Gasteiger partial charge is 0.204 e. The minimum atomic E-state index is -0.752. The lowest BCUT2D eigenvalue weighted by molar-refractivity contribution is 0.494. The third-order valence-electron chi connectivity index (χ3n) is 3.21. The molecule has 0 spiro atoms. The summed E-state index contributed by atoms with van der Waals surface area (Å²) >= 11 is 0. The molecule has 17 heavy (non-hydrogen) atoms. The van der Waals surface area contributed by atoms with Gasteiger partial charge in [0, 0.05) is 0 Å². The standard InChI is InChI=1S/C15H22F2/c1-3-5-6-8-12(7-4-2)13-9-10-14(16)15(17)11-13/h9-12H,3-8H2,1-2H3. The van der Waals surface area contributed by atoms with Gasteiger partial charge in [-0.25, -0.2) is 8.78 Å². The third kappa shape index (κ3) is 4.45. The lowest BCUT2D eigenvalue weighted by atomic mass is 9.89. The zero-order valence-electron chi connectivity index (χ0n) is 10.8. The zero-order chi connectivity index (χ0) is 12.7. The van der Waals surface area contributed by atoms with Crippen molar-refractivity contribution in [1.82, 2.24) is 0 Å². The van der Waals surface area contributed by atoms with E-state index in [9.17, 15) is 8.78 Å². The van der Waals surface area contributed by atoms with Gasteiger partial charge in [0.05, 0.1) is 0 Å². The molecular formula is C15H22F2. The highest BCUT2D eigenvalue weighted by atomic mass is 19.2. The highest BCUT2D eigenvalue weighted by Crippen LogP contribution is 2.28. The summed E-state index contributed by atoms with van der Waals surface area (Å²) in [5.41, 5.74) is 0.946. The molecule has 0 saturated carbocycles. The first kappa shape index (κ1) is 14.1. The molecule has 0 heterocycles. The second-order valence-corrected chi connectivity index (χ2v) is 4.65. The maximum Gasteiger partial charge on any atom is 0.159 e. The summed E-state index contributed by atoms with van der Waals surface area (Å²) in [6.45, 7) is 4.30. The smallest absolute Gasteiger partial charge is 0.159 e. The van der Waals surface area contributed by atoms with Crippen LogP contribution in [0.3, 0.4) is 0 Å². The van der Waals surface area contributed by atoms with Gasteiger partial charge in [0.15, 0.2) is 11.6 Å². The summed E-state index contributed by atoms with van der Waals surface area (Å²) in [5, 5.41) is 0. The van der Waals surface area contributed by atoms with Crippen molar-refractivity contribution in [3.05, 3.63) is 35.4 Å². The van der Waals surface area contributed by atoms with Gasteiger partial charge in [0.25, 0.3) is 0 Å². The molecule has 1 aromatic carbocycles. The molecule has 0 nitrogen and oxygen atoms in total. The van der Waals surface area contributed by atoms with E-state index in [1.54, 1.807) is 6.07 Å². The SMILES string of the molecule is CCCCCC(CCC)c1ccc(F)c(F)c1. The second-order valence-electron chi connectivity index (χ2n) is 4.65.